The standard InChI is InChI=1S/C11H17NO6S2/c1-12(7-4-8-19(13,14)15)20(16,17)11-6-3-5-10(9-11)18-2/h3,5-6,9H,4,7-8H2,1-2H3,(H,13,14,15). The average Bonchev–Trinajstić information content (AvgIpc) is 2.37. The van der Waals surface area contributed by atoms with Crippen molar-refractivity contribution in [2.75, 3.05) is 26.5 Å². The highest BCUT2D eigenvalue weighted by Gasteiger charge is 2.21. The molecule has 20 heavy (non-hydrogen) atoms. The molecule has 0 bridgehead atoms. The van der Waals surface area contributed by atoms with Crippen molar-refractivity contribution in [3.63, 3.8) is 0 Å². The van der Waals surface area contributed by atoms with E-state index in [4.69, 9.17) is 9.29 Å². The molecule has 7 nitrogen and oxygen atoms in total. The molecule has 0 radical (unpaired) electrons. The van der Waals surface area contributed by atoms with Crippen molar-refractivity contribution in [3.05, 3.63) is 24.3 Å². The van der Waals surface area contributed by atoms with E-state index in [1.807, 2.05) is 0 Å². The minimum Gasteiger partial charge on any atom is -0.497 e. The summed E-state index contributed by atoms with van der Waals surface area (Å²) in [5, 5.41) is 0. The summed E-state index contributed by atoms with van der Waals surface area (Å²) in [6.07, 6.45) is 0.0124. The lowest BCUT2D eigenvalue weighted by atomic mass is 10.3. The SMILES string of the molecule is COc1cccc(S(=O)(=O)N(C)CCCS(=O)(=O)O)c1. The van der Waals surface area contributed by atoms with Gasteiger partial charge in [0.05, 0.1) is 17.8 Å². The van der Waals surface area contributed by atoms with Crippen LogP contribution in [0.3, 0.4) is 0 Å². The fraction of sp³-hybridized carbons (Fsp3) is 0.455. The first-order valence-electron chi connectivity index (χ1n) is 5.72. The van der Waals surface area contributed by atoms with Crippen LogP contribution in [0.5, 0.6) is 5.75 Å². The van der Waals surface area contributed by atoms with Gasteiger partial charge in [-0.05, 0) is 18.6 Å². The highest BCUT2D eigenvalue weighted by atomic mass is 32.2. The first-order valence-corrected chi connectivity index (χ1v) is 8.77. The Morgan fingerprint density at radius 3 is 2.45 bits per heavy atom. The molecule has 0 spiro atoms. The maximum Gasteiger partial charge on any atom is 0.264 e. The zero-order chi connectivity index (χ0) is 15.4. The molecule has 0 atom stereocenters. The van der Waals surface area contributed by atoms with E-state index in [0.29, 0.717) is 5.75 Å². The van der Waals surface area contributed by atoms with Crippen molar-refractivity contribution in [3.8, 4) is 5.75 Å². The Labute approximate surface area is 119 Å². The van der Waals surface area contributed by atoms with Gasteiger partial charge in [0, 0.05) is 19.7 Å². The lowest BCUT2D eigenvalue weighted by molar-refractivity contribution is 0.412. The molecule has 1 aromatic rings. The molecule has 0 aliphatic rings. The first kappa shape index (κ1) is 16.9. The quantitative estimate of drug-likeness (QED) is 0.737. The monoisotopic (exact) mass is 323 g/mol. The molecule has 114 valence electrons. The molecule has 0 aromatic heterocycles. The second-order valence-corrected chi connectivity index (χ2v) is 7.76. The first-order chi connectivity index (χ1) is 9.16. The molecule has 0 saturated heterocycles. The molecule has 1 N–H and O–H groups in total. The van der Waals surface area contributed by atoms with Gasteiger partial charge in [-0.25, -0.2) is 12.7 Å². The van der Waals surface area contributed by atoms with Crippen LogP contribution in [-0.2, 0) is 20.1 Å². The molecule has 9 heteroatoms. The van der Waals surface area contributed by atoms with Crippen molar-refractivity contribution in [2.24, 2.45) is 0 Å². The van der Waals surface area contributed by atoms with E-state index in [-0.39, 0.29) is 17.9 Å². The van der Waals surface area contributed by atoms with Crippen LogP contribution >= 0.6 is 0 Å². The van der Waals surface area contributed by atoms with Gasteiger partial charge >= 0.3 is 0 Å². The van der Waals surface area contributed by atoms with Crippen LogP contribution in [-0.4, -0.2) is 52.1 Å². The predicted molar refractivity (Wildman–Crippen MR) is 73.8 cm³/mol. The summed E-state index contributed by atoms with van der Waals surface area (Å²) in [4.78, 5) is 0.0613. The highest BCUT2D eigenvalue weighted by Crippen LogP contribution is 2.20. The predicted octanol–water partition coefficient (Wildman–Crippen LogP) is 0.594. The number of benzene rings is 1. The van der Waals surface area contributed by atoms with Gasteiger partial charge in [0.25, 0.3) is 10.1 Å². The maximum absolute atomic E-state index is 12.2. The third-order valence-corrected chi connectivity index (χ3v) is 5.28. The molecule has 0 heterocycles. The summed E-state index contributed by atoms with van der Waals surface area (Å²) < 4.78 is 60.2. The lowest BCUT2D eigenvalue weighted by Gasteiger charge is -2.17. The van der Waals surface area contributed by atoms with Crippen LogP contribution in [0.1, 0.15) is 6.42 Å². The van der Waals surface area contributed by atoms with Crippen molar-refractivity contribution in [1.29, 1.82) is 0 Å². The highest BCUT2D eigenvalue weighted by molar-refractivity contribution is 7.89. The van der Waals surface area contributed by atoms with E-state index >= 15 is 0 Å². The number of ether oxygens (including phenoxy) is 1. The van der Waals surface area contributed by atoms with Gasteiger partial charge in [-0.2, -0.15) is 8.42 Å². The largest absolute Gasteiger partial charge is 0.497 e. The van der Waals surface area contributed by atoms with Gasteiger partial charge in [-0.1, -0.05) is 6.07 Å². The smallest absolute Gasteiger partial charge is 0.264 e. The zero-order valence-corrected chi connectivity index (χ0v) is 12.8. The van der Waals surface area contributed by atoms with Crippen LogP contribution in [0, 0.1) is 0 Å². The molecule has 1 aromatic carbocycles. The third-order valence-electron chi connectivity index (χ3n) is 2.62. The van der Waals surface area contributed by atoms with Crippen LogP contribution in [0.25, 0.3) is 0 Å². The topological polar surface area (TPSA) is 101 Å². The van der Waals surface area contributed by atoms with Crippen molar-refractivity contribution >= 4 is 20.1 Å². The van der Waals surface area contributed by atoms with E-state index in [0.717, 1.165) is 4.31 Å². The number of nitrogens with zero attached hydrogens (tertiary/aromatic N) is 1. The Hall–Kier alpha value is -1.16. The van der Waals surface area contributed by atoms with E-state index in [2.05, 4.69) is 0 Å². The normalized spacial score (nSPS) is 12.6. The summed E-state index contributed by atoms with van der Waals surface area (Å²) in [7, 11) is -5.02. The summed E-state index contributed by atoms with van der Waals surface area (Å²) in [5.41, 5.74) is 0. The molecule has 0 aliphatic carbocycles. The molecule has 0 saturated carbocycles. The molecule has 0 fully saturated rings. The minimum absolute atomic E-state index is 0.0124. The summed E-state index contributed by atoms with van der Waals surface area (Å²) in [5.74, 6) is -0.0669. The van der Waals surface area contributed by atoms with Crippen LogP contribution in [0.4, 0.5) is 0 Å². The van der Waals surface area contributed by atoms with Gasteiger partial charge in [-0.15, -0.1) is 0 Å². The molecular formula is C11H17NO6S2. The molecule has 0 amide bonds. The van der Waals surface area contributed by atoms with Crippen LogP contribution < -0.4 is 4.74 Å². The van der Waals surface area contributed by atoms with Gasteiger partial charge in [0.2, 0.25) is 10.0 Å². The number of hydrogen-bond donors (Lipinski definition) is 1. The number of sulfonamides is 1. The van der Waals surface area contributed by atoms with Gasteiger partial charge in [-0.3, -0.25) is 4.55 Å². The zero-order valence-electron chi connectivity index (χ0n) is 11.2. The minimum atomic E-state index is -4.08. The Bertz CT molecular complexity index is 653. The van der Waals surface area contributed by atoms with Crippen LogP contribution in [0.15, 0.2) is 29.2 Å². The second-order valence-electron chi connectivity index (χ2n) is 4.15. The average molecular weight is 323 g/mol. The van der Waals surface area contributed by atoms with Crippen molar-refractivity contribution < 1.29 is 26.1 Å². The fourth-order valence-corrected chi connectivity index (χ4v) is 3.27. The Balaban J connectivity index is 2.81. The Kier molecular flexibility index (Phi) is 5.51. The second kappa shape index (κ2) is 6.53. The Morgan fingerprint density at radius 1 is 1.25 bits per heavy atom. The molecule has 1 rings (SSSR count). The maximum atomic E-state index is 12.2. The number of rotatable bonds is 7. The van der Waals surface area contributed by atoms with E-state index in [1.165, 1.54) is 26.3 Å². The number of methoxy groups -OCH3 is 1. The third kappa shape index (κ3) is 4.75. The Morgan fingerprint density at radius 2 is 1.90 bits per heavy atom. The summed E-state index contributed by atoms with van der Waals surface area (Å²) in [6, 6.07) is 5.99. The van der Waals surface area contributed by atoms with E-state index in [9.17, 15) is 16.8 Å². The fourth-order valence-electron chi connectivity index (χ4n) is 1.53. The van der Waals surface area contributed by atoms with Gasteiger partial charge < -0.3 is 4.74 Å². The lowest BCUT2D eigenvalue weighted by Crippen LogP contribution is -2.29. The van der Waals surface area contributed by atoms with Crippen molar-refractivity contribution in [2.45, 2.75) is 11.3 Å². The molecule has 0 unspecified atom stereocenters. The van der Waals surface area contributed by atoms with Gasteiger partial charge in [0.15, 0.2) is 0 Å². The van der Waals surface area contributed by atoms with E-state index in [1.54, 1.807) is 12.1 Å². The molecule has 0 aliphatic heterocycles. The van der Waals surface area contributed by atoms with Gasteiger partial charge in [0.1, 0.15) is 5.75 Å². The summed E-state index contributed by atoms with van der Waals surface area (Å²) >= 11 is 0. The van der Waals surface area contributed by atoms with Crippen LogP contribution in [0.2, 0.25) is 0 Å². The number of hydrogen-bond acceptors (Lipinski definition) is 5. The van der Waals surface area contributed by atoms with Crippen molar-refractivity contribution in [1.82, 2.24) is 4.31 Å². The molecular weight excluding hydrogens is 306 g/mol. The summed E-state index contributed by atoms with van der Waals surface area (Å²) in [6.45, 7) is -0.0146. The van der Waals surface area contributed by atoms with E-state index < -0.39 is 25.9 Å².